The molecular weight excluding hydrogens is 472 g/mol. The Morgan fingerprint density at radius 1 is 0.462 bits per heavy atom. The van der Waals surface area contributed by atoms with E-state index in [4.69, 9.17) is 0 Å². The topological polar surface area (TPSA) is 20.2 Å². The first-order chi connectivity index (χ1) is 18.1. The van der Waals surface area contributed by atoms with Gasteiger partial charge in [0.25, 0.3) is 0 Å². The molecule has 1 heteroatoms. The lowest BCUT2D eigenvalue weighted by molar-refractivity contribution is 0.200. The van der Waals surface area contributed by atoms with Crippen molar-refractivity contribution in [3.05, 3.63) is 107 Å². The van der Waals surface area contributed by atoms with Gasteiger partial charge < -0.3 is 5.11 Å². The number of hydrogen-bond donors (Lipinski definition) is 1. The van der Waals surface area contributed by atoms with Crippen molar-refractivity contribution in [1.82, 2.24) is 0 Å². The Bertz CT molecular complexity index is 1410. The third kappa shape index (κ3) is 6.36. The third-order valence-electron chi connectivity index (χ3n) is 7.80. The Morgan fingerprint density at radius 2 is 0.821 bits per heavy atom. The molecule has 0 radical (unpaired) electrons. The molecule has 39 heavy (non-hydrogen) atoms. The molecule has 0 aliphatic rings. The van der Waals surface area contributed by atoms with Gasteiger partial charge >= 0.3 is 0 Å². The van der Waals surface area contributed by atoms with E-state index in [0.717, 1.165) is 38.9 Å². The van der Waals surface area contributed by atoms with Gasteiger partial charge in [-0.1, -0.05) is 135 Å². The Kier molecular flexibility index (Phi) is 7.71. The van der Waals surface area contributed by atoms with Crippen LogP contribution in [0.1, 0.15) is 97.6 Å². The molecule has 0 heterocycles. The smallest absolute Gasteiger partial charge is 0.0768 e. The molecule has 4 aromatic carbocycles. The van der Waals surface area contributed by atoms with Crippen LogP contribution < -0.4 is 0 Å². The van der Waals surface area contributed by atoms with E-state index in [1.54, 1.807) is 0 Å². The summed E-state index contributed by atoms with van der Waals surface area (Å²) in [6.07, 6.45) is -0.608. The van der Waals surface area contributed by atoms with Crippen molar-refractivity contribution in [2.24, 2.45) is 0 Å². The van der Waals surface area contributed by atoms with E-state index < -0.39 is 6.10 Å². The van der Waals surface area contributed by atoms with Gasteiger partial charge in [-0.3, -0.25) is 0 Å². The largest absolute Gasteiger partial charge is 0.389 e. The SMILES string of the molecule is C[C@H](O)c1cc(-c2ccc(C(C)(C)C)cc2)cc(-c2ccc(C(C)(C)C)cc2)c1-c1ccc(C(C)(C)C)cc1. The molecule has 0 unspecified atom stereocenters. The molecule has 204 valence electrons. The van der Waals surface area contributed by atoms with Crippen LogP contribution in [0, 0.1) is 0 Å². The van der Waals surface area contributed by atoms with Crippen molar-refractivity contribution in [2.75, 3.05) is 0 Å². The van der Waals surface area contributed by atoms with Crippen molar-refractivity contribution in [3.63, 3.8) is 0 Å². The van der Waals surface area contributed by atoms with Crippen LogP contribution in [0.5, 0.6) is 0 Å². The summed E-state index contributed by atoms with van der Waals surface area (Å²) in [6.45, 7) is 22.1. The minimum atomic E-state index is -0.608. The fourth-order valence-electron chi connectivity index (χ4n) is 5.16. The van der Waals surface area contributed by atoms with Crippen LogP contribution in [0.2, 0.25) is 0 Å². The van der Waals surface area contributed by atoms with Crippen LogP contribution in [0.15, 0.2) is 84.9 Å². The highest BCUT2D eigenvalue weighted by molar-refractivity contribution is 5.90. The van der Waals surface area contributed by atoms with Gasteiger partial charge in [0.15, 0.2) is 0 Å². The normalized spacial score (nSPS) is 13.4. The zero-order valence-electron chi connectivity index (χ0n) is 25.6. The number of aliphatic hydroxyl groups excluding tert-OH is 1. The first kappa shape index (κ1) is 28.8. The van der Waals surface area contributed by atoms with Gasteiger partial charge in [0.1, 0.15) is 0 Å². The van der Waals surface area contributed by atoms with Gasteiger partial charge in [0.05, 0.1) is 6.10 Å². The predicted molar refractivity (Wildman–Crippen MR) is 169 cm³/mol. The van der Waals surface area contributed by atoms with Crippen molar-refractivity contribution >= 4 is 0 Å². The summed E-state index contributed by atoms with van der Waals surface area (Å²) in [4.78, 5) is 0. The van der Waals surface area contributed by atoms with Gasteiger partial charge in [-0.05, 0) is 90.9 Å². The summed E-state index contributed by atoms with van der Waals surface area (Å²) in [5.74, 6) is 0. The lowest BCUT2D eigenvalue weighted by atomic mass is 9.81. The maximum Gasteiger partial charge on any atom is 0.0768 e. The minimum absolute atomic E-state index is 0.0837. The van der Waals surface area contributed by atoms with E-state index in [1.165, 1.54) is 16.7 Å². The second-order valence-corrected chi connectivity index (χ2v) is 14.1. The van der Waals surface area contributed by atoms with Gasteiger partial charge in [-0.25, -0.2) is 0 Å². The van der Waals surface area contributed by atoms with E-state index in [0.29, 0.717) is 0 Å². The Hall–Kier alpha value is -3.16. The Morgan fingerprint density at radius 3 is 1.18 bits per heavy atom. The Labute approximate surface area is 237 Å². The van der Waals surface area contributed by atoms with Crippen molar-refractivity contribution in [2.45, 2.75) is 91.6 Å². The minimum Gasteiger partial charge on any atom is -0.389 e. The van der Waals surface area contributed by atoms with E-state index in [2.05, 4.69) is 147 Å². The molecule has 1 N–H and O–H groups in total. The second kappa shape index (κ2) is 10.4. The van der Waals surface area contributed by atoms with Crippen LogP contribution >= 0.6 is 0 Å². The standard InChI is InChI=1S/C38H46O/c1-25(39)33-23-29(26-11-17-30(18-12-26)36(2,3)4)24-34(27-13-19-31(20-14-27)37(5,6)7)35(33)28-15-21-32(22-16-28)38(8,9)10/h11-25,39H,1-10H3/t25-/m0/s1. The highest BCUT2D eigenvalue weighted by atomic mass is 16.3. The lowest BCUT2D eigenvalue weighted by Gasteiger charge is -2.23. The molecule has 0 spiro atoms. The first-order valence-corrected chi connectivity index (χ1v) is 14.2. The highest BCUT2D eigenvalue weighted by Crippen LogP contribution is 2.42. The quantitative estimate of drug-likeness (QED) is 0.285. The molecule has 4 aromatic rings. The molecule has 0 saturated carbocycles. The monoisotopic (exact) mass is 518 g/mol. The molecule has 0 saturated heterocycles. The maximum atomic E-state index is 11.1. The van der Waals surface area contributed by atoms with E-state index in [9.17, 15) is 5.11 Å². The van der Waals surface area contributed by atoms with Gasteiger partial charge in [-0.15, -0.1) is 0 Å². The molecule has 0 fully saturated rings. The van der Waals surface area contributed by atoms with E-state index >= 15 is 0 Å². The summed E-state index contributed by atoms with van der Waals surface area (Å²) in [5, 5.41) is 11.1. The van der Waals surface area contributed by atoms with E-state index in [1.807, 2.05) is 6.92 Å². The fourth-order valence-corrected chi connectivity index (χ4v) is 5.16. The van der Waals surface area contributed by atoms with Crippen LogP contribution in [0.4, 0.5) is 0 Å². The van der Waals surface area contributed by atoms with Crippen LogP contribution in [0.3, 0.4) is 0 Å². The van der Waals surface area contributed by atoms with Gasteiger partial charge in [0.2, 0.25) is 0 Å². The molecule has 1 nitrogen and oxygen atoms in total. The Balaban J connectivity index is 1.96. The van der Waals surface area contributed by atoms with Gasteiger partial charge in [-0.2, -0.15) is 0 Å². The molecule has 0 aromatic heterocycles. The van der Waals surface area contributed by atoms with Crippen molar-refractivity contribution < 1.29 is 5.11 Å². The molecule has 4 rings (SSSR count). The second-order valence-electron chi connectivity index (χ2n) is 14.1. The summed E-state index contributed by atoms with van der Waals surface area (Å²) in [5.41, 5.74) is 12.0. The average molecular weight is 519 g/mol. The zero-order valence-corrected chi connectivity index (χ0v) is 25.6. The fraction of sp³-hybridized carbons (Fsp3) is 0.368. The summed E-state index contributed by atoms with van der Waals surface area (Å²) in [7, 11) is 0. The molecular formula is C38H46O. The van der Waals surface area contributed by atoms with Crippen LogP contribution in [-0.2, 0) is 16.2 Å². The average Bonchev–Trinajstić information content (AvgIpc) is 2.86. The summed E-state index contributed by atoms with van der Waals surface area (Å²) >= 11 is 0. The maximum absolute atomic E-state index is 11.1. The van der Waals surface area contributed by atoms with Crippen molar-refractivity contribution in [1.29, 1.82) is 0 Å². The van der Waals surface area contributed by atoms with E-state index in [-0.39, 0.29) is 16.2 Å². The van der Waals surface area contributed by atoms with Crippen LogP contribution in [-0.4, -0.2) is 5.11 Å². The highest BCUT2D eigenvalue weighted by Gasteiger charge is 2.21. The zero-order chi connectivity index (χ0) is 28.8. The van der Waals surface area contributed by atoms with Gasteiger partial charge in [0, 0.05) is 0 Å². The number of rotatable bonds is 4. The molecule has 0 aliphatic heterocycles. The van der Waals surface area contributed by atoms with Crippen LogP contribution in [0.25, 0.3) is 33.4 Å². The number of benzene rings is 4. The lowest BCUT2D eigenvalue weighted by Crippen LogP contribution is -2.11. The molecule has 0 amide bonds. The number of hydrogen-bond acceptors (Lipinski definition) is 1. The molecule has 0 bridgehead atoms. The predicted octanol–water partition coefficient (Wildman–Crippen LogP) is 10.6. The van der Waals surface area contributed by atoms with Crippen molar-refractivity contribution in [3.8, 4) is 33.4 Å². The molecule has 1 atom stereocenters. The summed E-state index contributed by atoms with van der Waals surface area (Å²) < 4.78 is 0. The first-order valence-electron chi connectivity index (χ1n) is 14.2. The summed E-state index contributed by atoms with van der Waals surface area (Å²) in [6, 6.07) is 31.2. The number of aliphatic hydroxyl groups is 1. The third-order valence-corrected chi connectivity index (χ3v) is 7.80. The molecule has 0 aliphatic carbocycles.